The zero-order valence-electron chi connectivity index (χ0n) is 16.1. The van der Waals surface area contributed by atoms with Gasteiger partial charge in [0, 0.05) is 17.3 Å². The van der Waals surface area contributed by atoms with Gasteiger partial charge in [0.1, 0.15) is 17.6 Å². The maximum Gasteiger partial charge on any atom is 0.339 e. The van der Waals surface area contributed by atoms with E-state index in [9.17, 15) is 9.90 Å². The lowest BCUT2D eigenvalue weighted by Crippen LogP contribution is -2.04. The molecule has 1 aromatic carbocycles. The van der Waals surface area contributed by atoms with E-state index in [2.05, 4.69) is 15.0 Å². The second-order valence-corrected chi connectivity index (χ2v) is 6.04. The highest BCUT2D eigenvalue weighted by atomic mass is 16.5. The van der Waals surface area contributed by atoms with Crippen LogP contribution >= 0.6 is 0 Å². The molecule has 0 unspecified atom stereocenters. The molecule has 8 heteroatoms. The summed E-state index contributed by atoms with van der Waals surface area (Å²) in [6.45, 7) is 3.66. The van der Waals surface area contributed by atoms with Gasteiger partial charge < -0.3 is 19.3 Å². The van der Waals surface area contributed by atoms with Crippen molar-refractivity contribution in [3.63, 3.8) is 0 Å². The summed E-state index contributed by atoms with van der Waals surface area (Å²) in [6.07, 6.45) is 2.45. The summed E-state index contributed by atoms with van der Waals surface area (Å²) < 4.78 is 16.5. The van der Waals surface area contributed by atoms with E-state index in [0.717, 1.165) is 17.5 Å². The third-order valence-corrected chi connectivity index (χ3v) is 3.86. The van der Waals surface area contributed by atoms with Crippen molar-refractivity contribution in [3.8, 4) is 23.4 Å². The third-order valence-electron chi connectivity index (χ3n) is 3.86. The van der Waals surface area contributed by atoms with Crippen LogP contribution in [0, 0.1) is 13.8 Å². The van der Waals surface area contributed by atoms with Crippen LogP contribution in [0.3, 0.4) is 0 Å². The van der Waals surface area contributed by atoms with Gasteiger partial charge in [-0.25, -0.2) is 19.7 Å². The minimum atomic E-state index is -1.14. The molecule has 0 aliphatic rings. The number of hydrogen-bond acceptors (Lipinski definition) is 7. The molecule has 29 heavy (non-hydrogen) atoms. The molecule has 8 nitrogen and oxygen atoms in total. The van der Waals surface area contributed by atoms with E-state index in [-0.39, 0.29) is 17.3 Å². The van der Waals surface area contributed by atoms with Gasteiger partial charge in [-0.2, -0.15) is 0 Å². The summed E-state index contributed by atoms with van der Waals surface area (Å²) in [5, 5.41) is 9.51. The van der Waals surface area contributed by atoms with Crippen molar-refractivity contribution in [1.29, 1.82) is 0 Å². The first-order valence-corrected chi connectivity index (χ1v) is 8.65. The first-order valence-electron chi connectivity index (χ1n) is 8.65. The van der Waals surface area contributed by atoms with Crippen LogP contribution in [0.4, 0.5) is 0 Å². The highest BCUT2D eigenvalue weighted by Crippen LogP contribution is 2.34. The maximum atomic E-state index is 11.6. The number of hydrogen-bond donors (Lipinski definition) is 1. The van der Waals surface area contributed by atoms with E-state index in [1.54, 1.807) is 31.2 Å². The molecule has 0 aliphatic carbocycles. The molecular weight excluding hydrogens is 374 g/mol. The number of carboxylic acid groups (broad SMARTS) is 1. The Morgan fingerprint density at radius 3 is 2.41 bits per heavy atom. The molecule has 0 bridgehead atoms. The van der Waals surface area contributed by atoms with Gasteiger partial charge >= 0.3 is 5.97 Å². The summed E-state index contributed by atoms with van der Waals surface area (Å²) >= 11 is 0. The second-order valence-electron chi connectivity index (χ2n) is 6.04. The number of ether oxygens (including phenoxy) is 3. The van der Waals surface area contributed by atoms with E-state index >= 15 is 0 Å². The van der Waals surface area contributed by atoms with Gasteiger partial charge in [-0.3, -0.25) is 0 Å². The first-order chi connectivity index (χ1) is 14.0. The molecule has 1 N–H and O–H groups in total. The number of methoxy groups -OCH3 is 1. The van der Waals surface area contributed by atoms with Crippen molar-refractivity contribution in [3.05, 3.63) is 71.9 Å². The Kier molecular flexibility index (Phi) is 6.03. The van der Waals surface area contributed by atoms with Gasteiger partial charge in [-0.15, -0.1) is 0 Å². The van der Waals surface area contributed by atoms with Gasteiger partial charge in [0.25, 0.3) is 0 Å². The molecule has 2 aromatic heterocycles. The Morgan fingerprint density at radius 1 is 1.00 bits per heavy atom. The predicted molar refractivity (Wildman–Crippen MR) is 105 cm³/mol. The zero-order chi connectivity index (χ0) is 20.8. The van der Waals surface area contributed by atoms with Gasteiger partial charge in [-0.1, -0.05) is 24.3 Å². The zero-order valence-corrected chi connectivity index (χ0v) is 16.1. The monoisotopic (exact) mass is 393 g/mol. The largest absolute Gasteiger partial charge is 0.503 e. The minimum absolute atomic E-state index is 0.0410. The molecule has 3 aromatic rings. The first kappa shape index (κ1) is 19.8. The summed E-state index contributed by atoms with van der Waals surface area (Å²) in [4.78, 5) is 24.1. The summed E-state index contributed by atoms with van der Waals surface area (Å²) in [5.74, 6) is 0.0352. The molecule has 0 fully saturated rings. The predicted octanol–water partition coefficient (Wildman–Crippen LogP) is 4.14. The molecule has 2 heterocycles. The lowest BCUT2D eigenvalue weighted by molar-refractivity contribution is -0.130. The fraction of sp³-hybridized carbons (Fsp3) is 0.143. The normalized spacial score (nSPS) is 11.1. The van der Waals surface area contributed by atoms with Crippen molar-refractivity contribution in [1.82, 2.24) is 15.0 Å². The standard InChI is InChI=1S/C21H19N3O5/c1-13-6-4-8-15(16(11-27-3)21(25)26)20(13)29-19-10-18(22-12-23-19)28-17-9-5-7-14(2)24-17/h4-12H,1-3H3,(H,25,26)/b16-11+. The maximum absolute atomic E-state index is 11.6. The number of aryl methyl sites for hydroxylation is 2. The van der Waals surface area contributed by atoms with E-state index in [1.165, 1.54) is 19.5 Å². The van der Waals surface area contributed by atoms with Crippen LogP contribution in [0.2, 0.25) is 0 Å². The highest BCUT2D eigenvalue weighted by Gasteiger charge is 2.19. The molecular formula is C21H19N3O5. The van der Waals surface area contributed by atoms with Crippen LogP contribution in [0.5, 0.6) is 23.4 Å². The minimum Gasteiger partial charge on any atom is -0.503 e. The van der Waals surface area contributed by atoms with E-state index in [1.807, 2.05) is 19.1 Å². The van der Waals surface area contributed by atoms with Crippen molar-refractivity contribution in [2.45, 2.75) is 13.8 Å². The number of aromatic nitrogens is 3. The molecule has 3 rings (SSSR count). The van der Waals surface area contributed by atoms with Crippen LogP contribution in [0.25, 0.3) is 5.57 Å². The average Bonchev–Trinajstić information content (AvgIpc) is 2.68. The fourth-order valence-corrected chi connectivity index (χ4v) is 2.57. The lowest BCUT2D eigenvalue weighted by Gasteiger charge is -2.14. The number of nitrogens with zero attached hydrogens (tertiary/aromatic N) is 3. The Balaban J connectivity index is 1.93. The second kappa shape index (κ2) is 8.83. The van der Waals surface area contributed by atoms with E-state index in [0.29, 0.717) is 17.2 Å². The van der Waals surface area contributed by atoms with Crippen LogP contribution in [-0.4, -0.2) is 33.1 Å². The number of para-hydroxylation sites is 1. The molecule has 0 radical (unpaired) electrons. The number of aliphatic carboxylic acids is 1. The van der Waals surface area contributed by atoms with Gasteiger partial charge in [-0.05, 0) is 25.5 Å². The van der Waals surface area contributed by atoms with Crippen molar-refractivity contribution in [2.75, 3.05) is 7.11 Å². The molecule has 0 saturated carbocycles. The smallest absolute Gasteiger partial charge is 0.339 e. The van der Waals surface area contributed by atoms with Crippen molar-refractivity contribution >= 4 is 11.5 Å². The van der Waals surface area contributed by atoms with Gasteiger partial charge in [0.15, 0.2) is 0 Å². The van der Waals surface area contributed by atoms with Crippen molar-refractivity contribution in [2.24, 2.45) is 0 Å². The number of pyridine rings is 1. The molecule has 0 saturated heterocycles. The molecule has 0 atom stereocenters. The summed E-state index contributed by atoms with van der Waals surface area (Å²) in [5.41, 5.74) is 1.86. The van der Waals surface area contributed by atoms with Crippen LogP contribution in [0.15, 0.2) is 55.1 Å². The van der Waals surface area contributed by atoms with Crippen LogP contribution in [0.1, 0.15) is 16.8 Å². The molecule has 148 valence electrons. The van der Waals surface area contributed by atoms with E-state index < -0.39 is 5.97 Å². The van der Waals surface area contributed by atoms with Gasteiger partial charge in [0.05, 0.1) is 19.4 Å². The van der Waals surface area contributed by atoms with Crippen LogP contribution < -0.4 is 9.47 Å². The summed E-state index contributed by atoms with van der Waals surface area (Å²) in [6, 6.07) is 12.1. The SMILES string of the molecule is CO/C=C(/C(=O)O)c1cccc(C)c1Oc1cc(Oc2cccc(C)n2)ncn1. The summed E-state index contributed by atoms with van der Waals surface area (Å²) in [7, 11) is 1.38. The highest BCUT2D eigenvalue weighted by molar-refractivity contribution is 6.16. The fourth-order valence-electron chi connectivity index (χ4n) is 2.57. The topological polar surface area (TPSA) is 104 Å². The van der Waals surface area contributed by atoms with E-state index in [4.69, 9.17) is 14.2 Å². The average molecular weight is 393 g/mol. The molecule has 0 aliphatic heterocycles. The Bertz CT molecular complexity index is 1070. The third kappa shape index (κ3) is 4.86. The Labute approximate surface area is 167 Å². The van der Waals surface area contributed by atoms with Crippen LogP contribution in [-0.2, 0) is 9.53 Å². The number of rotatable bonds is 7. The Morgan fingerprint density at radius 2 is 1.72 bits per heavy atom. The van der Waals surface area contributed by atoms with Gasteiger partial charge in [0.2, 0.25) is 17.6 Å². The molecule has 0 spiro atoms. The Hall–Kier alpha value is -3.94. The number of benzene rings is 1. The number of carboxylic acids is 1. The molecule has 0 amide bonds. The number of carbonyl (C=O) groups is 1. The quantitative estimate of drug-likeness (QED) is 0.472. The van der Waals surface area contributed by atoms with Crippen molar-refractivity contribution < 1.29 is 24.1 Å². The lowest BCUT2D eigenvalue weighted by atomic mass is 10.0.